The van der Waals surface area contributed by atoms with E-state index in [1.165, 1.54) is 12.1 Å². The SMILES string of the molecule is CN=C(NCc1ccccc1OC(C)(C)C)NCC(Cc1ccc(F)cc1)C(N)=O.I. The summed E-state index contributed by atoms with van der Waals surface area (Å²) in [5.41, 5.74) is 7.09. The smallest absolute Gasteiger partial charge is 0.222 e. The topological polar surface area (TPSA) is 88.7 Å². The highest BCUT2D eigenvalue weighted by Gasteiger charge is 2.17. The molecule has 4 N–H and O–H groups in total. The molecule has 2 rings (SSSR count). The maximum absolute atomic E-state index is 13.1. The van der Waals surface area contributed by atoms with Gasteiger partial charge in [0.15, 0.2) is 5.96 Å². The fourth-order valence-corrected chi connectivity index (χ4v) is 2.88. The van der Waals surface area contributed by atoms with Crippen molar-refractivity contribution in [3.8, 4) is 5.75 Å². The summed E-state index contributed by atoms with van der Waals surface area (Å²) in [4.78, 5) is 16.1. The number of benzene rings is 2. The molecule has 0 spiro atoms. The summed E-state index contributed by atoms with van der Waals surface area (Å²) >= 11 is 0. The summed E-state index contributed by atoms with van der Waals surface area (Å²) < 4.78 is 19.1. The minimum atomic E-state index is -0.453. The maximum Gasteiger partial charge on any atom is 0.222 e. The van der Waals surface area contributed by atoms with Crippen molar-refractivity contribution in [3.63, 3.8) is 0 Å². The molecule has 0 bridgehead atoms. The van der Waals surface area contributed by atoms with E-state index in [1.807, 2.05) is 45.0 Å². The van der Waals surface area contributed by atoms with Crippen LogP contribution in [0.1, 0.15) is 31.9 Å². The van der Waals surface area contributed by atoms with Crippen molar-refractivity contribution in [3.05, 3.63) is 65.5 Å². The van der Waals surface area contributed by atoms with E-state index in [1.54, 1.807) is 19.2 Å². The van der Waals surface area contributed by atoms with Gasteiger partial charge in [-0.2, -0.15) is 0 Å². The summed E-state index contributed by atoms with van der Waals surface area (Å²) in [7, 11) is 1.66. The molecule has 6 nitrogen and oxygen atoms in total. The van der Waals surface area contributed by atoms with Crippen molar-refractivity contribution < 1.29 is 13.9 Å². The largest absolute Gasteiger partial charge is 0.488 e. The minimum Gasteiger partial charge on any atom is -0.488 e. The number of amides is 1. The van der Waals surface area contributed by atoms with Gasteiger partial charge in [0.25, 0.3) is 0 Å². The van der Waals surface area contributed by atoms with Gasteiger partial charge in [-0.3, -0.25) is 9.79 Å². The van der Waals surface area contributed by atoms with Gasteiger partial charge < -0.3 is 21.1 Å². The van der Waals surface area contributed by atoms with Gasteiger partial charge in [-0.1, -0.05) is 30.3 Å². The third kappa shape index (κ3) is 9.54. The lowest BCUT2D eigenvalue weighted by Crippen LogP contribution is -2.43. The van der Waals surface area contributed by atoms with Gasteiger partial charge in [-0.15, -0.1) is 24.0 Å². The van der Waals surface area contributed by atoms with Gasteiger partial charge in [0.05, 0.1) is 5.92 Å². The Kier molecular flexibility index (Phi) is 10.7. The Bertz CT molecular complexity index is 867. The molecule has 1 atom stereocenters. The summed E-state index contributed by atoms with van der Waals surface area (Å²) in [5, 5.41) is 6.38. The molecule has 8 heteroatoms. The number of hydrogen-bond donors (Lipinski definition) is 3. The Morgan fingerprint density at radius 2 is 1.77 bits per heavy atom. The molecule has 170 valence electrons. The molecule has 1 unspecified atom stereocenters. The zero-order chi connectivity index (χ0) is 22.1. The molecule has 2 aromatic rings. The number of ether oxygens (including phenoxy) is 1. The number of carbonyl (C=O) groups excluding carboxylic acids is 1. The average Bonchev–Trinajstić information content (AvgIpc) is 2.68. The number of nitrogens with one attached hydrogen (secondary N) is 2. The molecule has 0 aliphatic carbocycles. The molecule has 0 aliphatic rings. The van der Waals surface area contributed by atoms with Crippen molar-refractivity contribution in [2.24, 2.45) is 16.6 Å². The number of rotatable bonds is 8. The molecule has 0 heterocycles. The molecule has 31 heavy (non-hydrogen) atoms. The van der Waals surface area contributed by atoms with Crippen LogP contribution in [0, 0.1) is 11.7 Å². The lowest BCUT2D eigenvalue weighted by Gasteiger charge is -2.23. The van der Waals surface area contributed by atoms with Crippen LogP contribution in [0.2, 0.25) is 0 Å². The minimum absolute atomic E-state index is 0. The number of primary amides is 1. The predicted octanol–water partition coefficient (Wildman–Crippen LogP) is 3.63. The van der Waals surface area contributed by atoms with Gasteiger partial charge in [-0.25, -0.2) is 4.39 Å². The van der Waals surface area contributed by atoms with E-state index >= 15 is 0 Å². The van der Waals surface area contributed by atoms with E-state index in [9.17, 15) is 9.18 Å². The second-order valence-electron chi connectivity index (χ2n) is 8.06. The average molecular weight is 542 g/mol. The third-order valence-corrected chi connectivity index (χ3v) is 4.37. The molecule has 0 saturated heterocycles. The Morgan fingerprint density at radius 1 is 1.13 bits per heavy atom. The van der Waals surface area contributed by atoms with E-state index in [0.717, 1.165) is 16.9 Å². The standard InChI is InChI=1S/C23H31FN4O2.HI/c1-23(2,3)30-20-8-6-5-7-17(20)14-27-22(26-4)28-15-18(21(25)29)13-16-9-11-19(24)12-10-16;/h5-12,18H,13-15H2,1-4H3,(H2,25,29)(H2,26,27,28);1H. The summed E-state index contributed by atoms with van der Waals surface area (Å²) in [6, 6.07) is 13.9. The first-order chi connectivity index (χ1) is 14.2. The zero-order valence-electron chi connectivity index (χ0n) is 18.4. The molecule has 0 fully saturated rings. The second-order valence-corrected chi connectivity index (χ2v) is 8.06. The third-order valence-electron chi connectivity index (χ3n) is 4.37. The quantitative estimate of drug-likeness (QED) is 0.270. The van der Waals surface area contributed by atoms with Gasteiger partial charge in [0.1, 0.15) is 17.2 Å². The van der Waals surface area contributed by atoms with Crippen LogP contribution in [0.15, 0.2) is 53.5 Å². The number of guanidine groups is 1. The van der Waals surface area contributed by atoms with Gasteiger partial charge in [-0.05, 0) is 51.0 Å². The molecule has 1 amide bonds. The van der Waals surface area contributed by atoms with Crippen LogP contribution in [0.3, 0.4) is 0 Å². The number of aliphatic imine (C=N–C) groups is 1. The van der Waals surface area contributed by atoms with Crippen LogP contribution in [-0.4, -0.2) is 31.1 Å². The Balaban J connectivity index is 0.00000480. The number of hydrogen-bond acceptors (Lipinski definition) is 3. The number of para-hydroxylation sites is 1. The Hall–Kier alpha value is -2.36. The van der Waals surface area contributed by atoms with Crippen LogP contribution in [0.5, 0.6) is 5.75 Å². The zero-order valence-corrected chi connectivity index (χ0v) is 20.8. The van der Waals surface area contributed by atoms with Crippen molar-refractivity contribution in [1.29, 1.82) is 0 Å². The molecule has 0 aromatic heterocycles. The molecule has 0 saturated carbocycles. The summed E-state index contributed by atoms with van der Waals surface area (Å²) in [5.74, 6) is 0.162. The molecule has 2 aromatic carbocycles. The summed E-state index contributed by atoms with van der Waals surface area (Å²) in [6.07, 6.45) is 0.419. The molecular formula is C23H32FIN4O2. The first kappa shape index (κ1) is 26.7. The monoisotopic (exact) mass is 542 g/mol. The van der Waals surface area contributed by atoms with Gasteiger partial charge in [0, 0.05) is 25.7 Å². The molecular weight excluding hydrogens is 510 g/mol. The fraction of sp³-hybridized carbons (Fsp3) is 0.391. The highest BCUT2D eigenvalue weighted by Crippen LogP contribution is 2.22. The lowest BCUT2D eigenvalue weighted by molar-refractivity contribution is -0.121. The normalized spacial score (nSPS) is 12.5. The highest BCUT2D eigenvalue weighted by molar-refractivity contribution is 14.0. The lowest BCUT2D eigenvalue weighted by atomic mass is 9.98. The first-order valence-corrected chi connectivity index (χ1v) is 9.93. The van der Waals surface area contributed by atoms with Crippen molar-refractivity contribution in [1.82, 2.24) is 10.6 Å². The van der Waals surface area contributed by atoms with E-state index in [4.69, 9.17) is 10.5 Å². The van der Waals surface area contributed by atoms with Crippen LogP contribution in [-0.2, 0) is 17.8 Å². The fourth-order valence-electron chi connectivity index (χ4n) is 2.88. The van der Waals surface area contributed by atoms with Crippen molar-refractivity contribution >= 4 is 35.8 Å². The van der Waals surface area contributed by atoms with E-state index in [-0.39, 0.29) is 35.4 Å². The van der Waals surface area contributed by atoms with E-state index in [2.05, 4.69) is 15.6 Å². The maximum atomic E-state index is 13.1. The van der Waals surface area contributed by atoms with Crippen LogP contribution >= 0.6 is 24.0 Å². The number of carbonyl (C=O) groups is 1. The van der Waals surface area contributed by atoms with Gasteiger partial charge in [0.2, 0.25) is 5.91 Å². The van der Waals surface area contributed by atoms with E-state index in [0.29, 0.717) is 25.5 Å². The van der Waals surface area contributed by atoms with Crippen LogP contribution in [0.4, 0.5) is 4.39 Å². The molecule has 0 radical (unpaired) electrons. The highest BCUT2D eigenvalue weighted by atomic mass is 127. The van der Waals surface area contributed by atoms with Crippen LogP contribution < -0.4 is 21.1 Å². The van der Waals surface area contributed by atoms with Gasteiger partial charge >= 0.3 is 0 Å². The Labute approximate surface area is 200 Å². The molecule has 0 aliphatic heterocycles. The Morgan fingerprint density at radius 3 is 2.35 bits per heavy atom. The summed E-state index contributed by atoms with van der Waals surface area (Å²) in [6.45, 7) is 6.83. The van der Waals surface area contributed by atoms with E-state index < -0.39 is 11.8 Å². The van der Waals surface area contributed by atoms with Crippen molar-refractivity contribution in [2.75, 3.05) is 13.6 Å². The number of halogens is 2. The second kappa shape index (κ2) is 12.5. The number of nitrogens with two attached hydrogens (primary N) is 1. The first-order valence-electron chi connectivity index (χ1n) is 9.93. The van der Waals surface area contributed by atoms with Crippen molar-refractivity contribution in [2.45, 2.75) is 39.3 Å². The predicted molar refractivity (Wildman–Crippen MR) is 133 cm³/mol. The number of nitrogens with zero attached hydrogens (tertiary/aromatic N) is 1. The van der Waals surface area contributed by atoms with Crippen LogP contribution in [0.25, 0.3) is 0 Å².